The van der Waals surface area contributed by atoms with Gasteiger partial charge in [0.25, 0.3) is 5.91 Å². The van der Waals surface area contributed by atoms with Crippen LogP contribution in [0.25, 0.3) is 0 Å². The van der Waals surface area contributed by atoms with Crippen molar-refractivity contribution in [3.05, 3.63) is 65.2 Å². The number of rotatable bonds is 4. The molecule has 0 aromatic heterocycles. The number of esters is 1. The number of carbonyl (C=O) groups excluding carboxylic acids is 2. The second-order valence-electron chi connectivity index (χ2n) is 7.86. The Morgan fingerprint density at radius 3 is 2.17 bits per heavy atom. The van der Waals surface area contributed by atoms with Gasteiger partial charge < -0.3 is 14.4 Å². The van der Waals surface area contributed by atoms with E-state index in [1.54, 1.807) is 31.4 Å². The van der Waals surface area contributed by atoms with Crippen LogP contribution in [-0.4, -0.2) is 62.6 Å². The summed E-state index contributed by atoms with van der Waals surface area (Å²) in [6.07, 6.45) is 0. The summed E-state index contributed by atoms with van der Waals surface area (Å²) in [5, 5.41) is 0. The Balaban J connectivity index is 1.48. The predicted octanol–water partition coefficient (Wildman–Crippen LogP) is 2.86. The first kappa shape index (κ1) is 19.5. The molecule has 0 bridgehead atoms. The van der Waals surface area contributed by atoms with Crippen molar-refractivity contribution < 1.29 is 19.1 Å². The normalized spacial score (nSPS) is 23.7. The summed E-state index contributed by atoms with van der Waals surface area (Å²) < 4.78 is 10.00. The third-order valence-corrected chi connectivity index (χ3v) is 6.19. The van der Waals surface area contributed by atoms with Crippen molar-refractivity contribution in [2.75, 3.05) is 40.9 Å². The number of nitrogens with zero attached hydrogens (tertiary/aromatic N) is 2. The topological polar surface area (TPSA) is 59.1 Å². The molecule has 0 radical (unpaired) electrons. The van der Waals surface area contributed by atoms with E-state index in [2.05, 4.69) is 24.1 Å². The van der Waals surface area contributed by atoms with E-state index in [1.807, 2.05) is 17.0 Å². The predicted molar refractivity (Wildman–Crippen MR) is 109 cm³/mol. The Hall–Kier alpha value is -2.86. The first-order chi connectivity index (χ1) is 14.0. The van der Waals surface area contributed by atoms with Gasteiger partial charge in [-0.1, -0.05) is 12.1 Å². The molecule has 2 aromatic carbocycles. The fraction of sp³-hybridized carbons (Fsp3) is 0.391. The highest BCUT2D eigenvalue weighted by Crippen LogP contribution is 2.44. The van der Waals surface area contributed by atoms with E-state index in [1.165, 1.54) is 12.7 Å². The fourth-order valence-corrected chi connectivity index (χ4v) is 4.78. The zero-order chi connectivity index (χ0) is 20.5. The number of likely N-dealkylation sites (tertiary alicyclic amines) is 2. The van der Waals surface area contributed by atoms with Crippen LogP contribution in [0, 0.1) is 11.8 Å². The summed E-state index contributed by atoms with van der Waals surface area (Å²) in [5.41, 5.74) is 2.31. The summed E-state index contributed by atoms with van der Waals surface area (Å²) in [4.78, 5) is 29.0. The van der Waals surface area contributed by atoms with E-state index in [0.29, 0.717) is 29.0 Å². The number of fused-ring (bicyclic) bond motifs is 1. The summed E-state index contributed by atoms with van der Waals surface area (Å²) >= 11 is 0. The van der Waals surface area contributed by atoms with E-state index in [0.717, 1.165) is 25.4 Å². The molecule has 3 atom stereocenters. The minimum Gasteiger partial charge on any atom is -0.497 e. The van der Waals surface area contributed by atoms with Crippen LogP contribution in [0.1, 0.15) is 32.3 Å². The maximum absolute atomic E-state index is 13.0. The average molecular weight is 394 g/mol. The van der Waals surface area contributed by atoms with Crippen LogP contribution in [0.5, 0.6) is 5.75 Å². The molecule has 2 saturated heterocycles. The molecule has 2 heterocycles. The molecule has 0 unspecified atom stereocenters. The minimum absolute atomic E-state index is 0.0203. The van der Waals surface area contributed by atoms with Crippen LogP contribution < -0.4 is 4.74 Å². The lowest BCUT2D eigenvalue weighted by Gasteiger charge is -2.27. The highest BCUT2D eigenvalue weighted by Gasteiger charge is 2.47. The van der Waals surface area contributed by atoms with Crippen molar-refractivity contribution in [2.24, 2.45) is 11.8 Å². The van der Waals surface area contributed by atoms with Crippen LogP contribution in [0.3, 0.4) is 0 Å². The van der Waals surface area contributed by atoms with Gasteiger partial charge in [-0.3, -0.25) is 9.69 Å². The van der Waals surface area contributed by atoms with Crippen molar-refractivity contribution in [1.29, 1.82) is 0 Å². The molecular weight excluding hydrogens is 368 g/mol. The molecule has 2 aromatic rings. The van der Waals surface area contributed by atoms with Crippen LogP contribution in [0.15, 0.2) is 48.5 Å². The Kier molecular flexibility index (Phi) is 5.28. The van der Waals surface area contributed by atoms with Gasteiger partial charge in [0.05, 0.1) is 19.8 Å². The third-order valence-electron chi connectivity index (χ3n) is 6.19. The van der Waals surface area contributed by atoms with Gasteiger partial charge in [-0.15, -0.1) is 0 Å². The molecule has 0 spiro atoms. The first-order valence-corrected chi connectivity index (χ1v) is 9.83. The zero-order valence-electron chi connectivity index (χ0n) is 17.0. The lowest BCUT2D eigenvalue weighted by Crippen LogP contribution is -2.33. The summed E-state index contributed by atoms with van der Waals surface area (Å²) in [6.45, 7) is 2.48. The standard InChI is InChI=1S/C23H26N2O4/c1-24-12-18-13-25(22(26)16-4-6-17(7-5-16)23(27)29-3)14-20(18)21(24)15-8-10-19(28-2)11-9-15/h4-11,18,20-21H,12-14H2,1-3H3/t18-,20+,21-/m0/s1. The van der Waals surface area contributed by atoms with Gasteiger partial charge in [-0.05, 0) is 54.9 Å². The molecule has 29 heavy (non-hydrogen) atoms. The van der Waals surface area contributed by atoms with E-state index in [9.17, 15) is 9.59 Å². The minimum atomic E-state index is -0.398. The van der Waals surface area contributed by atoms with E-state index >= 15 is 0 Å². The molecule has 152 valence electrons. The van der Waals surface area contributed by atoms with Crippen molar-refractivity contribution in [3.63, 3.8) is 0 Å². The number of hydrogen-bond donors (Lipinski definition) is 0. The molecule has 0 saturated carbocycles. The van der Waals surface area contributed by atoms with Crippen molar-refractivity contribution in [3.8, 4) is 5.75 Å². The van der Waals surface area contributed by atoms with Gasteiger partial charge in [-0.2, -0.15) is 0 Å². The fourth-order valence-electron chi connectivity index (χ4n) is 4.78. The maximum Gasteiger partial charge on any atom is 0.337 e. The quantitative estimate of drug-likeness (QED) is 0.747. The van der Waals surface area contributed by atoms with Gasteiger partial charge in [0.1, 0.15) is 5.75 Å². The highest BCUT2D eigenvalue weighted by atomic mass is 16.5. The number of methoxy groups -OCH3 is 2. The number of amides is 1. The van der Waals surface area contributed by atoms with Crippen molar-refractivity contribution >= 4 is 11.9 Å². The van der Waals surface area contributed by atoms with Crippen LogP contribution in [0.2, 0.25) is 0 Å². The summed E-state index contributed by atoms with van der Waals surface area (Å²) in [7, 11) is 5.18. The molecule has 2 aliphatic heterocycles. The van der Waals surface area contributed by atoms with Gasteiger partial charge in [0.15, 0.2) is 0 Å². The smallest absolute Gasteiger partial charge is 0.337 e. The Morgan fingerprint density at radius 2 is 1.55 bits per heavy atom. The molecule has 2 aliphatic rings. The second-order valence-corrected chi connectivity index (χ2v) is 7.86. The van der Waals surface area contributed by atoms with Crippen LogP contribution >= 0.6 is 0 Å². The lowest BCUT2D eigenvalue weighted by molar-refractivity contribution is 0.0600. The maximum atomic E-state index is 13.0. The Bertz CT molecular complexity index is 894. The van der Waals surface area contributed by atoms with Crippen molar-refractivity contribution in [1.82, 2.24) is 9.80 Å². The van der Waals surface area contributed by atoms with Crippen molar-refractivity contribution in [2.45, 2.75) is 6.04 Å². The molecule has 0 N–H and O–H groups in total. The van der Waals surface area contributed by atoms with Gasteiger partial charge in [-0.25, -0.2) is 4.79 Å². The molecule has 4 rings (SSSR count). The molecule has 6 heteroatoms. The van der Waals surface area contributed by atoms with E-state index in [-0.39, 0.29) is 5.91 Å². The second kappa shape index (κ2) is 7.87. The average Bonchev–Trinajstić information content (AvgIpc) is 3.29. The number of hydrogen-bond acceptors (Lipinski definition) is 5. The Labute approximate surface area is 171 Å². The lowest BCUT2D eigenvalue weighted by atomic mass is 9.89. The molecular formula is C23H26N2O4. The molecule has 0 aliphatic carbocycles. The van der Waals surface area contributed by atoms with Gasteiger partial charge >= 0.3 is 5.97 Å². The summed E-state index contributed by atoms with van der Waals surface area (Å²) in [5.74, 6) is 1.35. The number of ether oxygens (including phenoxy) is 2. The van der Waals surface area contributed by atoms with Gasteiger partial charge in [0, 0.05) is 37.2 Å². The number of carbonyl (C=O) groups is 2. The van der Waals surface area contributed by atoms with E-state index in [4.69, 9.17) is 9.47 Å². The zero-order valence-corrected chi connectivity index (χ0v) is 17.0. The van der Waals surface area contributed by atoms with E-state index < -0.39 is 5.97 Å². The first-order valence-electron chi connectivity index (χ1n) is 9.83. The largest absolute Gasteiger partial charge is 0.497 e. The summed E-state index contributed by atoms with van der Waals surface area (Å²) in [6, 6.07) is 15.2. The highest BCUT2D eigenvalue weighted by molar-refractivity contribution is 5.96. The molecule has 2 fully saturated rings. The number of benzene rings is 2. The third kappa shape index (κ3) is 3.60. The van der Waals surface area contributed by atoms with Crippen LogP contribution in [0.4, 0.5) is 0 Å². The van der Waals surface area contributed by atoms with Gasteiger partial charge in [0.2, 0.25) is 0 Å². The Morgan fingerprint density at radius 1 is 0.897 bits per heavy atom. The monoisotopic (exact) mass is 394 g/mol. The van der Waals surface area contributed by atoms with Crippen LogP contribution in [-0.2, 0) is 4.74 Å². The SMILES string of the molecule is COC(=O)c1ccc(C(=O)N2C[C@@H]3CN(C)[C@@H](c4ccc(OC)cc4)[C@@H]3C2)cc1. The molecule has 1 amide bonds. The molecule has 6 nitrogen and oxygen atoms in total.